The van der Waals surface area contributed by atoms with Crippen LogP contribution in [0.15, 0.2) is 18.2 Å². The van der Waals surface area contributed by atoms with E-state index in [0.717, 1.165) is 43.9 Å². The van der Waals surface area contributed by atoms with Gasteiger partial charge in [-0.2, -0.15) is 0 Å². The summed E-state index contributed by atoms with van der Waals surface area (Å²) in [4.78, 5) is 24.7. The van der Waals surface area contributed by atoms with Crippen LogP contribution in [-0.4, -0.2) is 33.6 Å². The number of halogens is 2. The first-order chi connectivity index (χ1) is 10.0. The van der Waals surface area contributed by atoms with Crippen LogP contribution in [0.4, 0.5) is 10.1 Å². The molecule has 21 heavy (non-hydrogen) atoms. The number of alkyl halides is 1. The van der Waals surface area contributed by atoms with Gasteiger partial charge in [-0.15, -0.1) is 0 Å². The van der Waals surface area contributed by atoms with Crippen LogP contribution in [0, 0.1) is 15.9 Å². The third kappa shape index (κ3) is 3.58. The van der Waals surface area contributed by atoms with Crippen molar-refractivity contribution in [3.05, 3.63) is 39.7 Å². The van der Waals surface area contributed by atoms with Crippen molar-refractivity contribution in [3.63, 3.8) is 0 Å². The van der Waals surface area contributed by atoms with Crippen LogP contribution in [-0.2, 0) is 0 Å². The molecule has 1 amide bonds. The van der Waals surface area contributed by atoms with Crippen LogP contribution < -0.4 is 0 Å². The van der Waals surface area contributed by atoms with Crippen LogP contribution in [0.2, 0.25) is 0 Å². The summed E-state index contributed by atoms with van der Waals surface area (Å²) in [5.74, 6) is -1.11. The first kappa shape index (κ1) is 15.9. The van der Waals surface area contributed by atoms with Gasteiger partial charge in [0.1, 0.15) is 11.4 Å². The molecule has 0 aliphatic heterocycles. The summed E-state index contributed by atoms with van der Waals surface area (Å²) in [5.41, 5.74) is -0.521. The van der Waals surface area contributed by atoms with Gasteiger partial charge in [-0.05, 0) is 25.0 Å². The number of hydrogen-bond acceptors (Lipinski definition) is 3. The highest BCUT2D eigenvalue weighted by Crippen LogP contribution is 2.28. The third-order valence-electron chi connectivity index (χ3n) is 3.74. The van der Waals surface area contributed by atoms with Gasteiger partial charge < -0.3 is 4.90 Å². The molecule has 0 unspecified atom stereocenters. The van der Waals surface area contributed by atoms with E-state index in [9.17, 15) is 19.3 Å². The second kappa shape index (κ2) is 6.98. The summed E-state index contributed by atoms with van der Waals surface area (Å²) in [7, 11) is 0. The quantitative estimate of drug-likeness (QED) is 0.459. The van der Waals surface area contributed by atoms with E-state index >= 15 is 0 Å². The molecular weight excluding hydrogens is 343 g/mol. The van der Waals surface area contributed by atoms with Gasteiger partial charge in [0.15, 0.2) is 0 Å². The van der Waals surface area contributed by atoms with Crippen LogP contribution in [0.25, 0.3) is 0 Å². The highest BCUT2D eigenvalue weighted by molar-refractivity contribution is 9.09. The minimum atomic E-state index is -0.645. The van der Waals surface area contributed by atoms with Crippen LogP contribution in [0.3, 0.4) is 0 Å². The van der Waals surface area contributed by atoms with Gasteiger partial charge in [-0.1, -0.05) is 28.8 Å². The van der Waals surface area contributed by atoms with Gasteiger partial charge in [0.2, 0.25) is 0 Å². The second-order valence-corrected chi connectivity index (χ2v) is 5.84. The largest absolute Gasteiger partial charge is 0.335 e. The van der Waals surface area contributed by atoms with Crippen molar-refractivity contribution in [1.29, 1.82) is 0 Å². The predicted octanol–water partition coefficient (Wildman–Crippen LogP) is 3.51. The van der Waals surface area contributed by atoms with Crippen molar-refractivity contribution < 1.29 is 14.1 Å². The highest BCUT2D eigenvalue weighted by atomic mass is 79.9. The van der Waals surface area contributed by atoms with Crippen molar-refractivity contribution in [3.8, 4) is 0 Å². The molecule has 0 saturated heterocycles. The Bertz CT molecular complexity index is 547. The maximum absolute atomic E-state index is 13.4. The summed E-state index contributed by atoms with van der Waals surface area (Å²) in [5, 5.41) is 11.6. The summed E-state index contributed by atoms with van der Waals surface area (Å²) in [6.07, 6.45) is 3.87. The predicted molar refractivity (Wildman–Crippen MR) is 80.1 cm³/mol. The lowest BCUT2D eigenvalue weighted by molar-refractivity contribution is -0.385. The minimum Gasteiger partial charge on any atom is -0.335 e. The molecule has 0 radical (unpaired) electrons. The van der Waals surface area contributed by atoms with Gasteiger partial charge in [0, 0.05) is 24.0 Å². The van der Waals surface area contributed by atoms with Gasteiger partial charge >= 0.3 is 0 Å². The summed E-state index contributed by atoms with van der Waals surface area (Å²) < 4.78 is 13.4. The van der Waals surface area contributed by atoms with E-state index in [1.807, 2.05) is 0 Å². The van der Waals surface area contributed by atoms with Crippen LogP contribution in [0.5, 0.6) is 0 Å². The lowest BCUT2D eigenvalue weighted by Gasteiger charge is -2.28. The molecule has 1 aliphatic rings. The van der Waals surface area contributed by atoms with Crippen LogP contribution in [0.1, 0.15) is 36.0 Å². The molecule has 1 aromatic carbocycles. The fraction of sp³-hybridized carbons (Fsp3) is 0.500. The Balaban J connectivity index is 2.35. The number of carbonyl (C=O) groups excluding carboxylic acids is 1. The fourth-order valence-corrected chi connectivity index (χ4v) is 3.13. The molecule has 1 aliphatic carbocycles. The van der Waals surface area contributed by atoms with Crippen LogP contribution >= 0.6 is 15.9 Å². The lowest BCUT2D eigenvalue weighted by atomic mass is 10.1. The van der Waals surface area contributed by atoms with E-state index in [4.69, 9.17) is 0 Å². The first-order valence-electron chi connectivity index (χ1n) is 6.85. The molecule has 7 heteroatoms. The number of nitrogens with zero attached hydrogens (tertiary/aromatic N) is 2. The maximum Gasteiger partial charge on any atom is 0.282 e. The zero-order valence-electron chi connectivity index (χ0n) is 11.4. The minimum absolute atomic E-state index is 0.0814. The Hall–Kier alpha value is -1.50. The molecular formula is C14H16BrFN2O3. The smallest absolute Gasteiger partial charge is 0.282 e. The van der Waals surface area contributed by atoms with Crippen molar-refractivity contribution in [2.24, 2.45) is 0 Å². The SMILES string of the molecule is O=C(c1cc(F)ccc1[N+](=O)[O-])N(CCBr)C1CCCC1. The highest BCUT2D eigenvalue weighted by Gasteiger charge is 2.31. The van der Waals surface area contributed by atoms with E-state index in [1.165, 1.54) is 0 Å². The van der Waals surface area contributed by atoms with Crippen molar-refractivity contribution >= 4 is 27.5 Å². The zero-order valence-corrected chi connectivity index (χ0v) is 13.0. The van der Waals surface area contributed by atoms with E-state index in [-0.39, 0.29) is 17.3 Å². The molecule has 0 atom stereocenters. The van der Waals surface area contributed by atoms with Gasteiger partial charge in [0.05, 0.1) is 4.92 Å². The number of benzene rings is 1. The van der Waals surface area contributed by atoms with E-state index in [0.29, 0.717) is 11.9 Å². The van der Waals surface area contributed by atoms with E-state index < -0.39 is 16.6 Å². The van der Waals surface area contributed by atoms with Gasteiger partial charge in [0.25, 0.3) is 11.6 Å². The van der Waals surface area contributed by atoms with E-state index in [2.05, 4.69) is 15.9 Å². The van der Waals surface area contributed by atoms with Crippen molar-refractivity contribution in [1.82, 2.24) is 4.90 Å². The standard InChI is InChI=1S/C14H16BrFN2O3/c15-7-8-17(11-3-1-2-4-11)14(19)12-9-10(16)5-6-13(12)18(20)21/h5-6,9,11H,1-4,7-8H2. The molecule has 0 N–H and O–H groups in total. The zero-order chi connectivity index (χ0) is 15.4. The fourth-order valence-electron chi connectivity index (χ4n) is 2.75. The molecule has 5 nitrogen and oxygen atoms in total. The Morgan fingerprint density at radius 2 is 2.10 bits per heavy atom. The molecule has 1 saturated carbocycles. The summed E-state index contributed by atoms with van der Waals surface area (Å²) in [6.45, 7) is 0.456. The molecule has 0 bridgehead atoms. The topological polar surface area (TPSA) is 63.4 Å². The molecule has 1 fully saturated rings. The molecule has 2 rings (SSSR count). The number of carbonyl (C=O) groups is 1. The summed E-state index contributed by atoms with van der Waals surface area (Å²) >= 11 is 3.30. The van der Waals surface area contributed by atoms with Gasteiger partial charge in [-0.3, -0.25) is 14.9 Å². The Morgan fingerprint density at radius 3 is 2.67 bits per heavy atom. The summed E-state index contributed by atoms with van der Waals surface area (Å²) in [6, 6.07) is 3.08. The number of hydrogen-bond donors (Lipinski definition) is 0. The normalized spacial score (nSPS) is 15.1. The molecule has 0 spiro atoms. The molecule has 1 aromatic rings. The maximum atomic E-state index is 13.4. The Kier molecular flexibility index (Phi) is 5.27. The monoisotopic (exact) mass is 358 g/mol. The molecule has 0 heterocycles. The van der Waals surface area contributed by atoms with Crippen molar-refractivity contribution in [2.75, 3.05) is 11.9 Å². The third-order valence-corrected chi connectivity index (χ3v) is 4.09. The number of nitro groups is 1. The molecule has 0 aromatic heterocycles. The number of amides is 1. The number of nitro benzene ring substituents is 1. The average Bonchev–Trinajstić information content (AvgIpc) is 2.97. The van der Waals surface area contributed by atoms with Gasteiger partial charge in [-0.25, -0.2) is 4.39 Å². The average molecular weight is 359 g/mol. The molecule has 114 valence electrons. The second-order valence-electron chi connectivity index (χ2n) is 5.04. The lowest BCUT2D eigenvalue weighted by Crippen LogP contribution is -2.40. The Morgan fingerprint density at radius 1 is 1.43 bits per heavy atom. The Labute approximate surface area is 130 Å². The van der Waals surface area contributed by atoms with E-state index in [1.54, 1.807) is 4.90 Å². The van der Waals surface area contributed by atoms with Crippen molar-refractivity contribution in [2.45, 2.75) is 31.7 Å². The number of rotatable bonds is 5. The first-order valence-corrected chi connectivity index (χ1v) is 7.97.